The molecule has 2 N–H and O–H groups in total. The maximum absolute atomic E-state index is 13.3. The number of ether oxygens (including phenoxy) is 3. The van der Waals surface area contributed by atoms with Crippen LogP contribution in [-0.2, 0) is 16.5 Å². The molecular weight excluding hydrogens is 412 g/mol. The standard InChI is InChI=1S/C23H28N4O5/c1-14-18(23(29)32-12-11-30-4)15(2)25-19(14)22(28)26-20(21-24-9-10-27(21)3)16-7-6-8-17(13-16)31-5/h6-10,13,20,25H,11-12H2,1-5H3,(H,26,28). The van der Waals surface area contributed by atoms with E-state index in [1.54, 1.807) is 27.2 Å². The van der Waals surface area contributed by atoms with E-state index >= 15 is 0 Å². The Morgan fingerprint density at radius 2 is 2.00 bits per heavy atom. The molecule has 1 amide bonds. The average molecular weight is 441 g/mol. The maximum atomic E-state index is 13.3. The Hall–Kier alpha value is -3.59. The SMILES string of the molecule is COCCOC(=O)c1c(C)[nH]c(C(=O)NC(c2cccc(OC)c2)c2nccn2C)c1C. The Kier molecular flexibility index (Phi) is 7.32. The molecule has 0 saturated carbocycles. The van der Waals surface area contributed by atoms with E-state index in [1.165, 1.54) is 7.11 Å². The second-order valence-corrected chi connectivity index (χ2v) is 7.33. The molecular formula is C23H28N4O5. The molecule has 3 rings (SSSR count). The lowest BCUT2D eigenvalue weighted by Crippen LogP contribution is -2.31. The van der Waals surface area contributed by atoms with Gasteiger partial charge in [0, 0.05) is 32.2 Å². The predicted molar refractivity (Wildman–Crippen MR) is 118 cm³/mol. The summed E-state index contributed by atoms with van der Waals surface area (Å²) in [6.45, 7) is 3.88. The summed E-state index contributed by atoms with van der Waals surface area (Å²) < 4.78 is 17.3. The van der Waals surface area contributed by atoms with Crippen molar-refractivity contribution >= 4 is 11.9 Å². The van der Waals surface area contributed by atoms with Gasteiger partial charge in [-0.2, -0.15) is 0 Å². The normalized spacial score (nSPS) is 11.8. The first-order valence-electron chi connectivity index (χ1n) is 10.1. The van der Waals surface area contributed by atoms with E-state index in [4.69, 9.17) is 14.2 Å². The van der Waals surface area contributed by atoms with Crippen LogP contribution in [0.5, 0.6) is 5.75 Å². The fourth-order valence-electron chi connectivity index (χ4n) is 3.55. The van der Waals surface area contributed by atoms with E-state index in [9.17, 15) is 9.59 Å². The average Bonchev–Trinajstić information content (AvgIpc) is 3.34. The van der Waals surface area contributed by atoms with E-state index in [1.807, 2.05) is 42.1 Å². The second kappa shape index (κ2) is 10.1. The van der Waals surface area contributed by atoms with Gasteiger partial charge in [0.15, 0.2) is 0 Å². The van der Waals surface area contributed by atoms with Gasteiger partial charge in [0.1, 0.15) is 29.9 Å². The van der Waals surface area contributed by atoms with Crippen LogP contribution in [0, 0.1) is 13.8 Å². The number of esters is 1. The number of hydrogen-bond acceptors (Lipinski definition) is 6. The third-order valence-electron chi connectivity index (χ3n) is 5.21. The summed E-state index contributed by atoms with van der Waals surface area (Å²) >= 11 is 0. The lowest BCUT2D eigenvalue weighted by atomic mass is 10.0. The number of carbonyl (C=O) groups is 2. The van der Waals surface area contributed by atoms with Crippen molar-refractivity contribution in [2.24, 2.45) is 7.05 Å². The third kappa shape index (κ3) is 4.83. The van der Waals surface area contributed by atoms with Gasteiger partial charge in [-0.3, -0.25) is 4.79 Å². The molecule has 0 spiro atoms. The van der Waals surface area contributed by atoms with Gasteiger partial charge in [-0.15, -0.1) is 0 Å². The summed E-state index contributed by atoms with van der Waals surface area (Å²) in [4.78, 5) is 33.2. The zero-order valence-corrected chi connectivity index (χ0v) is 18.9. The molecule has 170 valence electrons. The quantitative estimate of drug-likeness (QED) is 0.391. The highest BCUT2D eigenvalue weighted by molar-refractivity contribution is 6.00. The molecule has 0 fully saturated rings. The number of nitrogens with zero attached hydrogens (tertiary/aromatic N) is 2. The molecule has 2 heterocycles. The first kappa shape index (κ1) is 23.1. The van der Waals surface area contributed by atoms with Gasteiger partial charge < -0.3 is 29.1 Å². The van der Waals surface area contributed by atoms with Crippen molar-refractivity contribution in [2.75, 3.05) is 27.4 Å². The molecule has 0 aliphatic carbocycles. The van der Waals surface area contributed by atoms with Crippen LogP contribution < -0.4 is 10.1 Å². The molecule has 1 aromatic carbocycles. The number of amides is 1. The van der Waals surface area contributed by atoms with E-state index < -0.39 is 12.0 Å². The molecule has 32 heavy (non-hydrogen) atoms. The highest BCUT2D eigenvalue weighted by atomic mass is 16.6. The van der Waals surface area contributed by atoms with Crippen LogP contribution in [-0.4, -0.2) is 53.8 Å². The van der Waals surface area contributed by atoms with Crippen molar-refractivity contribution in [3.63, 3.8) is 0 Å². The second-order valence-electron chi connectivity index (χ2n) is 7.33. The van der Waals surface area contributed by atoms with Gasteiger partial charge in [-0.05, 0) is 37.1 Å². The largest absolute Gasteiger partial charge is 0.497 e. The molecule has 1 unspecified atom stereocenters. The number of aryl methyl sites for hydroxylation is 2. The lowest BCUT2D eigenvalue weighted by Gasteiger charge is -2.19. The van der Waals surface area contributed by atoms with Crippen molar-refractivity contribution in [1.82, 2.24) is 19.9 Å². The van der Waals surface area contributed by atoms with Gasteiger partial charge in [0.2, 0.25) is 0 Å². The van der Waals surface area contributed by atoms with Crippen LogP contribution >= 0.6 is 0 Å². The number of imidazole rings is 1. The van der Waals surface area contributed by atoms with Crippen LogP contribution in [0.25, 0.3) is 0 Å². The number of carbonyl (C=O) groups excluding carboxylic acids is 2. The number of nitrogens with one attached hydrogen (secondary N) is 2. The van der Waals surface area contributed by atoms with E-state index in [2.05, 4.69) is 15.3 Å². The summed E-state index contributed by atoms with van der Waals surface area (Å²) in [6, 6.07) is 6.91. The number of rotatable bonds is 9. The maximum Gasteiger partial charge on any atom is 0.340 e. The fourth-order valence-corrected chi connectivity index (χ4v) is 3.55. The molecule has 0 aliphatic heterocycles. The Morgan fingerprint density at radius 1 is 1.22 bits per heavy atom. The summed E-state index contributed by atoms with van der Waals surface area (Å²) in [5, 5.41) is 3.04. The van der Waals surface area contributed by atoms with Crippen molar-refractivity contribution in [3.05, 3.63) is 70.6 Å². The van der Waals surface area contributed by atoms with Crippen molar-refractivity contribution in [3.8, 4) is 5.75 Å². The molecule has 0 aliphatic rings. The molecule has 2 aromatic heterocycles. The van der Waals surface area contributed by atoms with Gasteiger partial charge >= 0.3 is 5.97 Å². The molecule has 9 nitrogen and oxygen atoms in total. The van der Waals surface area contributed by atoms with Gasteiger partial charge in [-0.25, -0.2) is 9.78 Å². The zero-order valence-electron chi connectivity index (χ0n) is 18.9. The van der Waals surface area contributed by atoms with Crippen LogP contribution in [0.3, 0.4) is 0 Å². The summed E-state index contributed by atoms with van der Waals surface area (Å²) in [6.07, 6.45) is 3.49. The molecule has 0 saturated heterocycles. The highest BCUT2D eigenvalue weighted by Crippen LogP contribution is 2.26. The first-order valence-corrected chi connectivity index (χ1v) is 10.1. The van der Waals surface area contributed by atoms with Crippen molar-refractivity contribution < 1.29 is 23.8 Å². The summed E-state index contributed by atoms with van der Waals surface area (Å²) in [5.41, 5.74) is 2.54. The Balaban J connectivity index is 1.91. The van der Waals surface area contributed by atoms with Crippen molar-refractivity contribution in [1.29, 1.82) is 0 Å². The Bertz CT molecular complexity index is 1100. The highest BCUT2D eigenvalue weighted by Gasteiger charge is 2.27. The Morgan fingerprint density at radius 3 is 2.66 bits per heavy atom. The van der Waals surface area contributed by atoms with Gasteiger partial charge in [0.05, 0.1) is 19.3 Å². The molecule has 0 bridgehead atoms. The molecule has 0 radical (unpaired) electrons. The topological polar surface area (TPSA) is 107 Å². The number of methoxy groups -OCH3 is 2. The zero-order chi connectivity index (χ0) is 23.3. The number of aromatic nitrogens is 3. The van der Waals surface area contributed by atoms with Crippen LogP contribution in [0.15, 0.2) is 36.7 Å². The monoisotopic (exact) mass is 440 g/mol. The number of benzene rings is 1. The summed E-state index contributed by atoms with van der Waals surface area (Å²) in [7, 11) is 4.98. The smallest absolute Gasteiger partial charge is 0.340 e. The van der Waals surface area contributed by atoms with Crippen LogP contribution in [0.4, 0.5) is 0 Å². The van der Waals surface area contributed by atoms with Crippen LogP contribution in [0.1, 0.15) is 49.5 Å². The predicted octanol–water partition coefficient (Wildman–Crippen LogP) is 2.70. The lowest BCUT2D eigenvalue weighted by molar-refractivity contribution is 0.0387. The molecule has 1 atom stereocenters. The minimum absolute atomic E-state index is 0.137. The Labute approximate surface area is 186 Å². The van der Waals surface area contributed by atoms with Crippen LogP contribution in [0.2, 0.25) is 0 Å². The van der Waals surface area contributed by atoms with Gasteiger partial charge in [0.25, 0.3) is 5.91 Å². The minimum atomic E-state index is -0.530. The van der Waals surface area contributed by atoms with E-state index in [0.717, 1.165) is 5.56 Å². The first-order chi connectivity index (χ1) is 15.4. The number of H-pyrrole nitrogens is 1. The molecule has 9 heteroatoms. The van der Waals surface area contributed by atoms with Gasteiger partial charge in [-0.1, -0.05) is 12.1 Å². The minimum Gasteiger partial charge on any atom is -0.497 e. The fraction of sp³-hybridized carbons (Fsp3) is 0.348. The van der Waals surface area contributed by atoms with E-state index in [-0.39, 0.29) is 12.5 Å². The molecule has 3 aromatic rings. The number of aromatic amines is 1. The summed E-state index contributed by atoms with van der Waals surface area (Å²) in [5.74, 6) is 0.467. The number of hydrogen-bond donors (Lipinski definition) is 2. The van der Waals surface area contributed by atoms with E-state index in [0.29, 0.717) is 40.7 Å². The van der Waals surface area contributed by atoms with Crippen molar-refractivity contribution in [2.45, 2.75) is 19.9 Å². The third-order valence-corrected chi connectivity index (χ3v) is 5.21.